The first-order chi connectivity index (χ1) is 13.7. The van der Waals surface area contributed by atoms with Crippen LogP contribution in [0.15, 0.2) is 53.6 Å². The van der Waals surface area contributed by atoms with Gasteiger partial charge in [0, 0.05) is 18.7 Å². The van der Waals surface area contributed by atoms with Gasteiger partial charge < -0.3 is 9.47 Å². The van der Waals surface area contributed by atoms with Gasteiger partial charge in [0.15, 0.2) is 0 Å². The number of morpholine rings is 1. The number of ether oxygens (including phenoxy) is 2. The second kappa shape index (κ2) is 10.2. The highest BCUT2D eigenvalue weighted by molar-refractivity contribution is 5.83. The van der Waals surface area contributed by atoms with Gasteiger partial charge in [0.1, 0.15) is 12.4 Å². The maximum absolute atomic E-state index is 11.9. The topological polar surface area (TPSA) is 86.9 Å². The van der Waals surface area contributed by atoms with Crippen molar-refractivity contribution in [3.05, 3.63) is 65.2 Å². The lowest BCUT2D eigenvalue weighted by Crippen LogP contribution is -2.42. The Kier molecular flexibility index (Phi) is 7.13. The Morgan fingerprint density at radius 3 is 2.71 bits per heavy atom. The first-order valence-corrected chi connectivity index (χ1v) is 9.07. The van der Waals surface area contributed by atoms with E-state index in [-0.39, 0.29) is 5.91 Å². The lowest BCUT2D eigenvalue weighted by atomic mass is 10.1. The van der Waals surface area contributed by atoms with Crippen molar-refractivity contribution < 1.29 is 14.3 Å². The molecule has 0 saturated carbocycles. The van der Waals surface area contributed by atoms with Crippen LogP contribution in [0.4, 0.5) is 0 Å². The summed E-state index contributed by atoms with van der Waals surface area (Å²) in [7, 11) is 0. The Bertz CT molecular complexity index is 853. The predicted octanol–water partition coefficient (Wildman–Crippen LogP) is 1.92. The molecular formula is C21H22N4O3. The molecule has 144 valence electrons. The van der Waals surface area contributed by atoms with Crippen molar-refractivity contribution in [2.75, 3.05) is 32.8 Å². The summed E-state index contributed by atoms with van der Waals surface area (Å²) in [4.78, 5) is 13.9. The van der Waals surface area contributed by atoms with E-state index in [0.29, 0.717) is 37.7 Å². The Morgan fingerprint density at radius 1 is 1.21 bits per heavy atom. The summed E-state index contributed by atoms with van der Waals surface area (Å²) in [5.41, 5.74) is 4.84. The number of carbonyl (C=O) groups excluding carboxylic acids is 1. The molecule has 28 heavy (non-hydrogen) atoms. The Balaban J connectivity index is 1.45. The van der Waals surface area contributed by atoms with Crippen LogP contribution in [0.3, 0.4) is 0 Å². The van der Waals surface area contributed by atoms with Gasteiger partial charge in [-0.1, -0.05) is 18.2 Å². The van der Waals surface area contributed by atoms with E-state index in [9.17, 15) is 4.79 Å². The number of nitriles is 1. The van der Waals surface area contributed by atoms with Crippen molar-refractivity contribution in [1.82, 2.24) is 10.3 Å². The molecule has 1 aliphatic heterocycles. The van der Waals surface area contributed by atoms with Gasteiger partial charge in [-0.3, -0.25) is 9.69 Å². The van der Waals surface area contributed by atoms with Crippen LogP contribution in [0.5, 0.6) is 5.75 Å². The van der Waals surface area contributed by atoms with Crippen LogP contribution in [0, 0.1) is 11.3 Å². The zero-order chi connectivity index (χ0) is 19.6. The Hall–Kier alpha value is -3.21. The summed E-state index contributed by atoms with van der Waals surface area (Å²) in [6, 6.07) is 16.9. The molecule has 7 nitrogen and oxygen atoms in total. The molecule has 0 aliphatic carbocycles. The average molecular weight is 378 g/mol. The highest BCUT2D eigenvalue weighted by atomic mass is 16.5. The number of carbonyl (C=O) groups is 1. The first-order valence-electron chi connectivity index (χ1n) is 9.07. The minimum absolute atomic E-state index is 0.144. The highest BCUT2D eigenvalue weighted by Gasteiger charge is 2.13. The molecule has 1 saturated heterocycles. The van der Waals surface area contributed by atoms with E-state index >= 15 is 0 Å². The van der Waals surface area contributed by atoms with Crippen molar-refractivity contribution in [1.29, 1.82) is 5.26 Å². The lowest BCUT2D eigenvalue weighted by Gasteiger charge is -2.25. The normalized spacial score (nSPS) is 14.5. The molecule has 0 spiro atoms. The third-order valence-corrected chi connectivity index (χ3v) is 4.29. The molecule has 1 aliphatic rings. The lowest BCUT2D eigenvalue weighted by molar-refractivity contribution is -0.123. The predicted molar refractivity (Wildman–Crippen MR) is 105 cm³/mol. The van der Waals surface area contributed by atoms with Gasteiger partial charge in [0.05, 0.1) is 37.6 Å². The number of nitrogens with zero attached hydrogens (tertiary/aromatic N) is 3. The van der Waals surface area contributed by atoms with Gasteiger partial charge in [-0.05, 0) is 35.9 Å². The van der Waals surface area contributed by atoms with Crippen LogP contribution in [0.2, 0.25) is 0 Å². The Labute approximate surface area is 164 Å². The molecule has 0 unspecified atom stereocenters. The average Bonchev–Trinajstić information content (AvgIpc) is 2.74. The molecule has 0 atom stereocenters. The number of amides is 1. The number of hydrogen-bond acceptors (Lipinski definition) is 6. The van der Waals surface area contributed by atoms with Gasteiger partial charge in [-0.25, -0.2) is 5.43 Å². The number of hydrazone groups is 1. The van der Waals surface area contributed by atoms with Crippen molar-refractivity contribution in [2.45, 2.75) is 6.61 Å². The SMILES string of the molecule is N#Cc1ccccc1COc1ccc(/C=N/NC(=O)CN2CCOCC2)cc1. The molecular weight excluding hydrogens is 356 g/mol. The van der Waals surface area contributed by atoms with E-state index in [0.717, 1.165) is 24.2 Å². The summed E-state index contributed by atoms with van der Waals surface area (Å²) in [5.74, 6) is 0.551. The van der Waals surface area contributed by atoms with E-state index in [1.807, 2.05) is 47.4 Å². The molecule has 1 heterocycles. The summed E-state index contributed by atoms with van der Waals surface area (Å²) in [6.07, 6.45) is 1.59. The zero-order valence-electron chi connectivity index (χ0n) is 15.5. The molecule has 1 N–H and O–H groups in total. The molecule has 7 heteroatoms. The number of rotatable bonds is 7. The van der Waals surface area contributed by atoms with E-state index < -0.39 is 0 Å². The van der Waals surface area contributed by atoms with Crippen LogP contribution in [-0.2, 0) is 16.1 Å². The van der Waals surface area contributed by atoms with Gasteiger partial charge in [-0.2, -0.15) is 10.4 Å². The number of benzene rings is 2. The zero-order valence-corrected chi connectivity index (χ0v) is 15.5. The molecule has 0 aromatic heterocycles. The molecule has 1 amide bonds. The fourth-order valence-electron chi connectivity index (χ4n) is 2.74. The van der Waals surface area contributed by atoms with E-state index in [1.54, 1.807) is 12.3 Å². The van der Waals surface area contributed by atoms with E-state index in [4.69, 9.17) is 14.7 Å². The van der Waals surface area contributed by atoms with E-state index in [1.165, 1.54) is 0 Å². The van der Waals surface area contributed by atoms with Gasteiger partial charge in [-0.15, -0.1) is 0 Å². The number of nitrogens with one attached hydrogen (secondary N) is 1. The van der Waals surface area contributed by atoms with Gasteiger partial charge in [0.25, 0.3) is 5.91 Å². The standard InChI is InChI=1S/C21H22N4O3/c22-13-18-3-1-2-4-19(18)16-28-20-7-5-17(6-8-20)14-23-24-21(26)15-25-9-11-27-12-10-25/h1-8,14H,9-12,15-16H2,(H,24,26)/b23-14+. The molecule has 2 aromatic carbocycles. The largest absolute Gasteiger partial charge is 0.489 e. The minimum Gasteiger partial charge on any atom is -0.489 e. The maximum atomic E-state index is 11.9. The summed E-state index contributed by atoms with van der Waals surface area (Å²) in [5, 5.41) is 13.1. The van der Waals surface area contributed by atoms with Crippen LogP contribution < -0.4 is 10.2 Å². The summed E-state index contributed by atoms with van der Waals surface area (Å²) >= 11 is 0. The molecule has 2 aromatic rings. The summed E-state index contributed by atoms with van der Waals surface area (Å²) in [6.45, 7) is 3.49. The van der Waals surface area contributed by atoms with Crippen molar-refractivity contribution >= 4 is 12.1 Å². The summed E-state index contributed by atoms with van der Waals surface area (Å²) < 4.78 is 11.0. The Morgan fingerprint density at radius 2 is 1.96 bits per heavy atom. The van der Waals surface area contributed by atoms with Crippen LogP contribution in [0.1, 0.15) is 16.7 Å². The molecule has 0 radical (unpaired) electrons. The van der Waals surface area contributed by atoms with Crippen molar-refractivity contribution in [3.8, 4) is 11.8 Å². The van der Waals surface area contributed by atoms with Crippen LogP contribution >= 0.6 is 0 Å². The van der Waals surface area contributed by atoms with Crippen LogP contribution in [0.25, 0.3) is 0 Å². The molecule has 3 rings (SSSR count). The van der Waals surface area contributed by atoms with Gasteiger partial charge >= 0.3 is 0 Å². The van der Waals surface area contributed by atoms with Crippen molar-refractivity contribution in [2.24, 2.45) is 5.10 Å². The third-order valence-electron chi connectivity index (χ3n) is 4.29. The highest BCUT2D eigenvalue weighted by Crippen LogP contribution is 2.15. The molecule has 1 fully saturated rings. The first kappa shape index (κ1) is 19.5. The molecule has 0 bridgehead atoms. The number of hydrogen-bond donors (Lipinski definition) is 1. The second-order valence-corrected chi connectivity index (χ2v) is 6.31. The fraction of sp³-hybridized carbons (Fsp3) is 0.286. The smallest absolute Gasteiger partial charge is 0.254 e. The third kappa shape index (κ3) is 5.91. The quantitative estimate of drug-likeness (QED) is 0.588. The van der Waals surface area contributed by atoms with Crippen molar-refractivity contribution in [3.63, 3.8) is 0 Å². The monoisotopic (exact) mass is 378 g/mol. The van der Waals surface area contributed by atoms with Crippen LogP contribution in [-0.4, -0.2) is 49.9 Å². The second-order valence-electron chi connectivity index (χ2n) is 6.31. The minimum atomic E-state index is -0.144. The maximum Gasteiger partial charge on any atom is 0.254 e. The van der Waals surface area contributed by atoms with Gasteiger partial charge in [0.2, 0.25) is 0 Å². The van der Waals surface area contributed by atoms with E-state index in [2.05, 4.69) is 16.6 Å². The fourth-order valence-corrected chi connectivity index (χ4v) is 2.74.